The van der Waals surface area contributed by atoms with Crippen LogP contribution in [0.2, 0.25) is 0 Å². The first-order valence-electron chi connectivity index (χ1n) is 3.60. The van der Waals surface area contributed by atoms with Crippen molar-refractivity contribution in [1.82, 2.24) is 0 Å². The smallest absolute Gasteiger partial charge is 0.277 e. The molecule has 0 aromatic carbocycles. The molecule has 1 rings (SSSR count). The first-order chi connectivity index (χ1) is 5.11. The van der Waals surface area contributed by atoms with Gasteiger partial charge in [-0.15, -0.1) is 0 Å². The molecular formula is C8H12FNO. The Morgan fingerprint density at radius 2 is 2.18 bits per heavy atom. The summed E-state index contributed by atoms with van der Waals surface area (Å²) >= 11 is 0. The van der Waals surface area contributed by atoms with Crippen molar-refractivity contribution in [3.63, 3.8) is 0 Å². The number of nitrogens with two attached hydrogens (primary N) is 1. The van der Waals surface area contributed by atoms with Gasteiger partial charge in [0.2, 0.25) is 0 Å². The molecule has 62 valence electrons. The lowest BCUT2D eigenvalue weighted by atomic mass is 10.00. The van der Waals surface area contributed by atoms with Crippen LogP contribution in [0.15, 0.2) is 16.7 Å². The molecule has 0 aliphatic carbocycles. The predicted molar refractivity (Wildman–Crippen MR) is 40.4 cm³/mol. The molecule has 0 saturated heterocycles. The van der Waals surface area contributed by atoms with Crippen molar-refractivity contribution in [3.8, 4) is 0 Å². The van der Waals surface area contributed by atoms with Gasteiger partial charge >= 0.3 is 0 Å². The molecule has 1 atom stereocenters. The van der Waals surface area contributed by atoms with E-state index in [0.717, 1.165) is 5.56 Å². The standard InChI is InChI=1S/C8H12FNO/c1-5(2)8(10)6-3-7(9)11-4-6/h3-5,8H,10H2,1-2H3/t8-/m0/s1. The van der Waals surface area contributed by atoms with Gasteiger partial charge < -0.3 is 10.2 Å². The molecule has 11 heavy (non-hydrogen) atoms. The molecule has 0 bridgehead atoms. The maximum absolute atomic E-state index is 12.3. The van der Waals surface area contributed by atoms with E-state index < -0.39 is 6.01 Å². The first-order valence-corrected chi connectivity index (χ1v) is 3.60. The normalized spacial score (nSPS) is 13.9. The van der Waals surface area contributed by atoms with E-state index in [1.165, 1.54) is 12.3 Å². The molecule has 0 spiro atoms. The summed E-state index contributed by atoms with van der Waals surface area (Å²) < 4.78 is 16.8. The molecule has 1 aromatic rings. The van der Waals surface area contributed by atoms with Crippen LogP contribution in [0.25, 0.3) is 0 Å². The van der Waals surface area contributed by atoms with Gasteiger partial charge in [-0.25, -0.2) is 0 Å². The minimum atomic E-state index is -0.573. The van der Waals surface area contributed by atoms with Crippen LogP contribution in [-0.2, 0) is 0 Å². The fourth-order valence-corrected chi connectivity index (χ4v) is 0.883. The van der Waals surface area contributed by atoms with E-state index in [9.17, 15) is 4.39 Å². The van der Waals surface area contributed by atoms with Crippen molar-refractivity contribution in [2.45, 2.75) is 19.9 Å². The Balaban J connectivity index is 2.76. The summed E-state index contributed by atoms with van der Waals surface area (Å²) in [5.74, 6) is 0.298. The van der Waals surface area contributed by atoms with Crippen LogP contribution in [-0.4, -0.2) is 0 Å². The summed E-state index contributed by atoms with van der Waals surface area (Å²) in [5.41, 5.74) is 6.44. The van der Waals surface area contributed by atoms with Gasteiger partial charge in [0.25, 0.3) is 6.01 Å². The molecule has 0 amide bonds. The quantitative estimate of drug-likeness (QED) is 0.713. The van der Waals surface area contributed by atoms with E-state index in [2.05, 4.69) is 4.42 Å². The van der Waals surface area contributed by atoms with Crippen molar-refractivity contribution in [3.05, 3.63) is 23.9 Å². The lowest BCUT2D eigenvalue weighted by Gasteiger charge is -2.12. The number of halogens is 1. The van der Waals surface area contributed by atoms with Crippen LogP contribution in [0.3, 0.4) is 0 Å². The number of rotatable bonds is 2. The average Bonchev–Trinajstić information content (AvgIpc) is 2.34. The predicted octanol–water partition coefficient (Wildman–Crippen LogP) is 2.07. The lowest BCUT2D eigenvalue weighted by Crippen LogP contribution is -2.15. The molecule has 0 aliphatic heterocycles. The molecule has 1 aromatic heterocycles. The zero-order chi connectivity index (χ0) is 8.43. The van der Waals surface area contributed by atoms with Crippen molar-refractivity contribution in [2.24, 2.45) is 11.7 Å². The number of hydrogen-bond donors (Lipinski definition) is 1. The molecule has 1 heterocycles. The highest BCUT2D eigenvalue weighted by Crippen LogP contribution is 2.20. The zero-order valence-corrected chi connectivity index (χ0v) is 6.67. The van der Waals surface area contributed by atoms with E-state index in [-0.39, 0.29) is 6.04 Å². The van der Waals surface area contributed by atoms with Crippen molar-refractivity contribution < 1.29 is 8.81 Å². The van der Waals surface area contributed by atoms with Crippen LogP contribution in [0.4, 0.5) is 4.39 Å². The third-order valence-corrected chi connectivity index (χ3v) is 1.69. The zero-order valence-electron chi connectivity index (χ0n) is 6.67. The summed E-state index contributed by atoms with van der Waals surface area (Å²) in [5, 5.41) is 0. The fraction of sp³-hybridized carbons (Fsp3) is 0.500. The van der Waals surface area contributed by atoms with Gasteiger partial charge in [0.1, 0.15) is 0 Å². The summed E-state index contributed by atoms with van der Waals surface area (Å²) in [6.07, 6.45) is 1.36. The SMILES string of the molecule is CC(C)[C@H](N)c1coc(F)c1. The van der Waals surface area contributed by atoms with Crippen molar-refractivity contribution in [2.75, 3.05) is 0 Å². The Morgan fingerprint density at radius 3 is 2.55 bits per heavy atom. The molecule has 0 aliphatic rings. The molecule has 3 heteroatoms. The second-order valence-electron chi connectivity index (χ2n) is 2.95. The Morgan fingerprint density at radius 1 is 1.55 bits per heavy atom. The van der Waals surface area contributed by atoms with Crippen molar-refractivity contribution in [1.29, 1.82) is 0 Å². The van der Waals surface area contributed by atoms with Crippen LogP contribution in [0.5, 0.6) is 0 Å². The molecule has 0 fully saturated rings. The Labute approximate surface area is 65.2 Å². The molecule has 0 unspecified atom stereocenters. The largest absolute Gasteiger partial charge is 0.439 e. The third kappa shape index (κ3) is 1.80. The minimum Gasteiger partial charge on any atom is -0.439 e. The number of hydrogen-bond acceptors (Lipinski definition) is 2. The minimum absolute atomic E-state index is 0.136. The maximum atomic E-state index is 12.3. The topological polar surface area (TPSA) is 39.2 Å². The monoisotopic (exact) mass is 157 g/mol. The second-order valence-corrected chi connectivity index (χ2v) is 2.95. The van der Waals surface area contributed by atoms with Gasteiger partial charge in [-0.2, -0.15) is 4.39 Å². The van der Waals surface area contributed by atoms with Crippen LogP contribution in [0, 0.1) is 11.9 Å². The second kappa shape index (κ2) is 3.05. The third-order valence-electron chi connectivity index (χ3n) is 1.69. The van der Waals surface area contributed by atoms with E-state index in [1.54, 1.807) is 0 Å². The van der Waals surface area contributed by atoms with Gasteiger partial charge in [0.15, 0.2) is 0 Å². The van der Waals surface area contributed by atoms with Gasteiger partial charge in [0, 0.05) is 17.7 Å². The lowest BCUT2D eigenvalue weighted by molar-refractivity contribution is 0.358. The Bertz CT molecular complexity index is 232. The first kappa shape index (κ1) is 8.27. The summed E-state index contributed by atoms with van der Waals surface area (Å²) in [6, 6.07) is 0.615. The fourth-order valence-electron chi connectivity index (χ4n) is 0.883. The van der Waals surface area contributed by atoms with E-state index in [0.29, 0.717) is 5.92 Å². The Hall–Kier alpha value is -0.830. The summed E-state index contributed by atoms with van der Waals surface area (Å²) in [6.45, 7) is 3.96. The van der Waals surface area contributed by atoms with Gasteiger partial charge in [-0.05, 0) is 5.92 Å². The van der Waals surface area contributed by atoms with Crippen molar-refractivity contribution >= 4 is 0 Å². The molecule has 2 N–H and O–H groups in total. The number of furan rings is 1. The van der Waals surface area contributed by atoms with E-state index in [1.807, 2.05) is 13.8 Å². The molecule has 0 saturated carbocycles. The highest BCUT2D eigenvalue weighted by atomic mass is 19.1. The summed E-state index contributed by atoms with van der Waals surface area (Å²) in [7, 11) is 0. The highest BCUT2D eigenvalue weighted by molar-refractivity contribution is 5.12. The van der Waals surface area contributed by atoms with Gasteiger partial charge in [0.05, 0.1) is 6.26 Å². The van der Waals surface area contributed by atoms with Gasteiger partial charge in [-0.1, -0.05) is 13.8 Å². The molecule has 0 radical (unpaired) electrons. The van der Waals surface area contributed by atoms with Gasteiger partial charge in [-0.3, -0.25) is 0 Å². The average molecular weight is 157 g/mol. The Kier molecular flexibility index (Phi) is 2.29. The van der Waals surface area contributed by atoms with E-state index >= 15 is 0 Å². The van der Waals surface area contributed by atoms with Crippen LogP contribution < -0.4 is 5.73 Å². The molecular weight excluding hydrogens is 145 g/mol. The highest BCUT2D eigenvalue weighted by Gasteiger charge is 2.12. The van der Waals surface area contributed by atoms with Crippen LogP contribution in [0.1, 0.15) is 25.5 Å². The van der Waals surface area contributed by atoms with E-state index in [4.69, 9.17) is 5.73 Å². The summed E-state index contributed by atoms with van der Waals surface area (Å²) in [4.78, 5) is 0. The maximum Gasteiger partial charge on any atom is 0.277 e. The molecule has 2 nitrogen and oxygen atoms in total. The van der Waals surface area contributed by atoms with Crippen LogP contribution >= 0.6 is 0 Å².